The number of alkyl carbamates (subject to hydrolysis) is 1. The van der Waals surface area contributed by atoms with E-state index < -0.39 is 11.7 Å². The number of aromatic nitrogens is 2. The van der Waals surface area contributed by atoms with Gasteiger partial charge in [0, 0.05) is 36.6 Å². The summed E-state index contributed by atoms with van der Waals surface area (Å²) in [6, 6.07) is 4.04. The number of carbonyl (C=O) groups excluding carboxylic acids is 2. The molecule has 1 aliphatic heterocycles. The molecule has 0 saturated carbocycles. The molecule has 2 aromatic heterocycles. The zero-order valence-corrected chi connectivity index (χ0v) is 21.1. The summed E-state index contributed by atoms with van der Waals surface area (Å²) in [5.74, 6) is 0.616. The summed E-state index contributed by atoms with van der Waals surface area (Å²) in [5, 5.41) is 9.13. The van der Waals surface area contributed by atoms with Crippen LogP contribution >= 0.6 is 0 Å². The number of hydrogen-bond donors (Lipinski definition) is 4. The average Bonchev–Trinajstić information content (AvgIpc) is 3.24. The minimum Gasteiger partial charge on any atom is -0.444 e. The number of pyridine rings is 1. The third kappa shape index (κ3) is 7.48. The van der Waals surface area contributed by atoms with Crippen molar-refractivity contribution in [1.82, 2.24) is 25.5 Å². The van der Waals surface area contributed by atoms with E-state index in [1.54, 1.807) is 20.8 Å². The number of nitrogens with zero attached hydrogens (tertiary/aromatic N) is 2. The predicted molar refractivity (Wildman–Crippen MR) is 134 cm³/mol. The van der Waals surface area contributed by atoms with Gasteiger partial charge < -0.3 is 30.6 Å². The van der Waals surface area contributed by atoms with Crippen LogP contribution in [0.25, 0.3) is 11.1 Å². The monoisotopic (exact) mass is 470 g/mol. The van der Waals surface area contributed by atoms with Crippen LogP contribution in [0, 0.1) is 6.92 Å². The van der Waals surface area contributed by atoms with Gasteiger partial charge in [0.05, 0.1) is 0 Å². The summed E-state index contributed by atoms with van der Waals surface area (Å²) in [6.07, 6.45) is 5.38. The van der Waals surface area contributed by atoms with E-state index in [0.29, 0.717) is 11.7 Å². The molecule has 0 unspecified atom stereocenters. The van der Waals surface area contributed by atoms with Crippen molar-refractivity contribution in [2.45, 2.75) is 65.1 Å². The van der Waals surface area contributed by atoms with Crippen LogP contribution in [0.1, 0.15) is 56.6 Å². The second kappa shape index (κ2) is 10.9. The molecule has 2 aromatic rings. The van der Waals surface area contributed by atoms with E-state index in [2.05, 4.69) is 37.9 Å². The van der Waals surface area contributed by atoms with E-state index in [4.69, 9.17) is 4.74 Å². The molecule has 0 aromatic carbocycles. The maximum absolute atomic E-state index is 12.7. The molecule has 0 aliphatic carbocycles. The molecule has 9 heteroatoms. The number of hydrogen-bond acceptors (Lipinski definition) is 6. The second-order valence-corrected chi connectivity index (χ2v) is 10.2. The minimum atomic E-state index is -0.565. The van der Waals surface area contributed by atoms with Crippen molar-refractivity contribution >= 4 is 17.8 Å². The number of carbonyl (C=O) groups is 2. The van der Waals surface area contributed by atoms with Gasteiger partial charge in [-0.2, -0.15) is 0 Å². The fourth-order valence-electron chi connectivity index (χ4n) is 3.86. The van der Waals surface area contributed by atoms with Crippen molar-refractivity contribution < 1.29 is 14.3 Å². The number of rotatable bonds is 7. The van der Waals surface area contributed by atoms with Gasteiger partial charge in [0.1, 0.15) is 17.1 Å². The highest BCUT2D eigenvalue weighted by Crippen LogP contribution is 2.27. The van der Waals surface area contributed by atoms with Crippen LogP contribution in [0.2, 0.25) is 0 Å². The lowest BCUT2D eigenvalue weighted by molar-refractivity contribution is 0.0521. The number of likely N-dealkylation sites (tertiary alicyclic amines) is 1. The third-order valence-electron chi connectivity index (χ3n) is 5.74. The van der Waals surface area contributed by atoms with E-state index >= 15 is 0 Å². The lowest BCUT2D eigenvalue weighted by atomic mass is 10.0. The number of ether oxygens (including phenoxy) is 1. The maximum atomic E-state index is 12.7. The Balaban J connectivity index is 1.58. The Labute approximate surface area is 202 Å². The van der Waals surface area contributed by atoms with E-state index in [1.807, 2.05) is 38.4 Å². The van der Waals surface area contributed by atoms with Crippen molar-refractivity contribution in [1.29, 1.82) is 0 Å². The van der Waals surface area contributed by atoms with Gasteiger partial charge in [0.2, 0.25) is 0 Å². The largest absolute Gasteiger partial charge is 0.444 e. The van der Waals surface area contributed by atoms with E-state index in [1.165, 1.54) is 0 Å². The summed E-state index contributed by atoms with van der Waals surface area (Å²) in [7, 11) is 2.15. The Kier molecular flexibility index (Phi) is 8.19. The number of aromatic amines is 1. The van der Waals surface area contributed by atoms with Crippen LogP contribution in [0.15, 0.2) is 24.5 Å². The first-order valence-corrected chi connectivity index (χ1v) is 11.9. The zero-order chi connectivity index (χ0) is 24.9. The number of piperidine rings is 1. The van der Waals surface area contributed by atoms with Gasteiger partial charge in [-0.3, -0.25) is 4.79 Å². The van der Waals surface area contributed by atoms with Crippen LogP contribution < -0.4 is 16.0 Å². The molecule has 34 heavy (non-hydrogen) atoms. The Bertz CT molecular complexity index is 989. The smallest absolute Gasteiger partial charge is 0.407 e. The molecule has 1 saturated heterocycles. The molecule has 0 spiro atoms. The van der Waals surface area contributed by atoms with Gasteiger partial charge in [-0.25, -0.2) is 9.78 Å². The molecule has 0 radical (unpaired) electrons. The first-order chi connectivity index (χ1) is 16.0. The van der Waals surface area contributed by atoms with Crippen molar-refractivity contribution in [2.24, 2.45) is 0 Å². The quantitative estimate of drug-likeness (QED) is 0.493. The van der Waals surface area contributed by atoms with Gasteiger partial charge in [-0.1, -0.05) is 0 Å². The second-order valence-electron chi connectivity index (χ2n) is 10.2. The molecule has 1 aliphatic rings. The van der Waals surface area contributed by atoms with Crippen LogP contribution in [0.4, 0.5) is 10.6 Å². The van der Waals surface area contributed by atoms with E-state index in [0.717, 1.165) is 48.4 Å². The first kappa shape index (κ1) is 25.6. The Morgan fingerprint density at radius 1 is 1.26 bits per heavy atom. The maximum Gasteiger partial charge on any atom is 0.407 e. The van der Waals surface area contributed by atoms with Crippen molar-refractivity contribution in [3.8, 4) is 11.1 Å². The first-order valence-electron chi connectivity index (χ1n) is 11.9. The van der Waals surface area contributed by atoms with Crippen molar-refractivity contribution in [3.63, 3.8) is 0 Å². The summed E-state index contributed by atoms with van der Waals surface area (Å²) in [6.45, 7) is 11.7. The van der Waals surface area contributed by atoms with Gasteiger partial charge in [0.15, 0.2) is 0 Å². The molecule has 3 rings (SSSR count). The normalized spacial score (nSPS) is 16.1. The highest BCUT2D eigenvalue weighted by atomic mass is 16.6. The predicted octanol–water partition coefficient (Wildman–Crippen LogP) is 3.53. The summed E-state index contributed by atoms with van der Waals surface area (Å²) >= 11 is 0. The summed E-state index contributed by atoms with van der Waals surface area (Å²) in [4.78, 5) is 34.5. The zero-order valence-electron chi connectivity index (χ0n) is 21.1. The molecular formula is C25H38N6O3. The van der Waals surface area contributed by atoms with E-state index in [9.17, 15) is 9.59 Å². The average molecular weight is 471 g/mol. The van der Waals surface area contributed by atoms with Gasteiger partial charge in [-0.15, -0.1) is 0 Å². The van der Waals surface area contributed by atoms with Gasteiger partial charge in [-0.05, 0) is 90.9 Å². The number of amides is 2. The number of anilines is 1. The van der Waals surface area contributed by atoms with Gasteiger partial charge >= 0.3 is 6.09 Å². The highest BCUT2D eigenvalue weighted by Gasteiger charge is 2.19. The summed E-state index contributed by atoms with van der Waals surface area (Å²) < 4.78 is 5.22. The van der Waals surface area contributed by atoms with Crippen LogP contribution in [-0.4, -0.2) is 71.2 Å². The minimum absolute atomic E-state index is 0.235. The Morgan fingerprint density at radius 2 is 1.97 bits per heavy atom. The topological polar surface area (TPSA) is 111 Å². The Hall–Kier alpha value is -3.07. The summed E-state index contributed by atoms with van der Waals surface area (Å²) in [5.41, 5.74) is 2.89. The number of nitrogens with one attached hydrogen (secondary N) is 4. The standard InChI is InChI=1S/C25H38N6O3/c1-16-13-27-22(30-19-7-9-31(6)10-8-19)12-20(16)18-11-21(26-15-18)23(32)29-17(2)14-28-24(33)34-25(3,4)5/h11-13,15,17,19,26H,7-10,14H2,1-6H3,(H,27,30)(H,28,33)(H,29,32)/t17-/m0/s1. The molecule has 0 bridgehead atoms. The lowest BCUT2D eigenvalue weighted by Crippen LogP contribution is -2.43. The Morgan fingerprint density at radius 3 is 2.65 bits per heavy atom. The van der Waals surface area contributed by atoms with Crippen LogP contribution in [-0.2, 0) is 4.74 Å². The van der Waals surface area contributed by atoms with Crippen molar-refractivity contribution in [2.75, 3.05) is 32.0 Å². The molecule has 1 atom stereocenters. The number of H-pyrrole nitrogens is 1. The van der Waals surface area contributed by atoms with Gasteiger partial charge in [0.25, 0.3) is 5.91 Å². The molecule has 1 fully saturated rings. The van der Waals surface area contributed by atoms with Crippen molar-refractivity contribution in [3.05, 3.63) is 35.8 Å². The lowest BCUT2D eigenvalue weighted by Gasteiger charge is -2.29. The fourth-order valence-corrected chi connectivity index (χ4v) is 3.86. The molecular weight excluding hydrogens is 432 g/mol. The number of aryl methyl sites for hydroxylation is 1. The molecule has 4 N–H and O–H groups in total. The molecule has 3 heterocycles. The van der Waals surface area contributed by atoms with E-state index in [-0.39, 0.29) is 18.5 Å². The SMILES string of the molecule is Cc1cnc(NC2CCN(C)CC2)cc1-c1c[nH]c(C(=O)N[C@@H](C)CNC(=O)OC(C)(C)C)c1. The molecule has 2 amide bonds. The van der Waals surface area contributed by atoms with Crippen LogP contribution in [0.5, 0.6) is 0 Å². The molecule has 9 nitrogen and oxygen atoms in total. The third-order valence-corrected chi connectivity index (χ3v) is 5.74. The highest BCUT2D eigenvalue weighted by molar-refractivity contribution is 5.94. The fraction of sp³-hybridized carbons (Fsp3) is 0.560. The van der Waals surface area contributed by atoms with Crippen LogP contribution in [0.3, 0.4) is 0 Å². The molecule has 186 valence electrons.